The van der Waals surface area contributed by atoms with Crippen molar-refractivity contribution in [3.05, 3.63) is 59.5 Å². The van der Waals surface area contributed by atoms with Crippen LogP contribution < -0.4 is 10.6 Å². The maximum Gasteiger partial charge on any atom is 0.314 e. The molecule has 1 aliphatic carbocycles. The van der Waals surface area contributed by atoms with Gasteiger partial charge in [-0.1, -0.05) is 31.2 Å². The largest absolute Gasteiger partial charge is 0.467 e. The first-order valence-electron chi connectivity index (χ1n) is 7.86. The summed E-state index contributed by atoms with van der Waals surface area (Å²) >= 11 is 0. The molecule has 2 amide bonds. The number of aliphatic hydroxyl groups is 1. The van der Waals surface area contributed by atoms with E-state index in [-0.39, 0.29) is 18.0 Å². The third kappa shape index (κ3) is 3.74. The Labute approximate surface area is 135 Å². The maximum absolute atomic E-state index is 11.9. The predicted octanol–water partition coefficient (Wildman–Crippen LogP) is 2.42. The third-order valence-electron chi connectivity index (χ3n) is 4.36. The summed E-state index contributed by atoms with van der Waals surface area (Å²) in [5.74, 6) is 0.448. The minimum atomic E-state index is -0.831. The van der Waals surface area contributed by atoms with Crippen LogP contribution in [0.15, 0.2) is 47.1 Å². The lowest BCUT2D eigenvalue weighted by molar-refractivity contribution is 0.147. The molecule has 3 rings (SSSR count). The van der Waals surface area contributed by atoms with Gasteiger partial charge < -0.3 is 20.2 Å². The van der Waals surface area contributed by atoms with Gasteiger partial charge in [0.25, 0.3) is 0 Å². The van der Waals surface area contributed by atoms with E-state index >= 15 is 0 Å². The second kappa shape index (κ2) is 6.46. The van der Waals surface area contributed by atoms with Crippen molar-refractivity contribution in [3.8, 4) is 0 Å². The number of hydrogen-bond donors (Lipinski definition) is 3. The summed E-state index contributed by atoms with van der Waals surface area (Å²) in [4.78, 5) is 11.9. The van der Waals surface area contributed by atoms with Crippen molar-refractivity contribution < 1.29 is 14.3 Å². The lowest BCUT2D eigenvalue weighted by atomic mass is 9.87. The number of aliphatic hydroxyl groups excluding tert-OH is 1. The summed E-state index contributed by atoms with van der Waals surface area (Å²) in [7, 11) is 0. The molecule has 1 atom stereocenters. The second-order valence-corrected chi connectivity index (χ2v) is 6.53. The number of urea groups is 1. The van der Waals surface area contributed by atoms with Crippen LogP contribution in [0, 0.1) is 5.41 Å². The Bertz CT molecular complexity index is 642. The number of amides is 2. The van der Waals surface area contributed by atoms with Gasteiger partial charge in [0.15, 0.2) is 0 Å². The van der Waals surface area contributed by atoms with Crippen LogP contribution in [0.5, 0.6) is 0 Å². The molecule has 23 heavy (non-hydrogen) atoms. The number of carbonyl (C=O) groups excluding carboxylic acids is 1. The third-order valence-corrected chi connectivity index (χ3v) is 4.36. The smallest absolute Gasteiger partial charge is 0.314 e. The lowest BCUT2D eigenvalue weighted by Gasteiger charge is -2.24. The summed E-state index contributed by atoms with van der Waals surface area (Å²) < 4.78 is 5.10. The first-order chi connectivity index (χ1) is 11.1. The molecule has 5 nitrogen and oxygen atoms in total. The first kappa shape index (κ1) is 15.6. The molecule has 5 heteroatoms. The molecule has 0 spiro atoms. The van der Waals surface area contributed by atoms with E-state index in [0.717, 1.165) is 12.8 Å². The number of hydrogen-bond acceptors (Lipinski definition) is 3. The first-order valence-corrected chi connectivity index (χ1v) is 7.86. The number of carbonyl (C=O) groups is 1. The van der Waals surface area contributed by atoms with E-state index in [4.69, 9.17) is 4.42 Å². The Hall–Kier alpha value is -2.27. The van der Waals surface area contributed by atoms with Crippen LogP contribution >= 0.6 is 0 Å². The van der Waals surface area contributed by atoms with Gasteiger partial charge >= 0.3 is 6.03 Å². The molecule has 0 aliphatic heterocycles. The molecule has 0 saturated carbocycles. The zero-order valence-corrected chi connectivity index (χ0v) is 13.2. The topological polar surface area (TPSA) is 74.5 Å². The van der Waals surface area contributed by atoms with E-state index < -0.39 is 6.10 Å². The molecule has 1 aromatic carbocycles. The SMILES string of the molecule is CC1(CNC(=O)NCC(O)c2ccco2)Cc2ccccc2C1. The predicted molar refractivity (Wildman–Crippen MR) is 87.0 cm³/mol. The lowest BCUT2D eigenvalue weighted by Crippen LogP contribution is -2.43. The summed E-state index contributed by atoms with van der Waals surface area (Å²) in [6, 6.07) is 11.5. The average Bonchev–Trinajstić information content (AvgIpc) is 3.17. The van der Waals surface area contributed by atoms with E-state index in [0.29, 0.717) is 12.3 Å². The highest BCUT2D eigenvalue weighted by Crippen LogP contribution is 2.35. The Balaban J connectivity index is 1.45. The van der Waals surface area contributed by atoms with Crippen LogP contribution in [0.3, 0.4) is 0 Å². The number of nitrogens with one attached hydrogen (secondary N) is 2. The molecule has 0 saturated heterocycles. The van der Waals surface area contributed by atoms with Crippen LogP contribution in [0.1, 0.15) is 29.9 Å². The van der Waals surface area contributed by atoms with E-state index in [1.54, 1.807) is 12.1 Å². The fraction of sp³-hybridized carbons (Fsp3) is 0.389. The van der Waals surface area contributed by atoms with Gasteiger partial charge in [-0.3, -0.25) is 0 Å². The van der Waals surface area contributed by atoms with E-state index in [1.165, 1.54) is 17.4 Å². The van der Waals surface area contributed by atoms with Crippen molar-refractivity contribution >= 4 is 6.03 Å². The standard InChI is InChI=1S/C18H22N2O3/c1-18(9-13-5-2-3-6-14(13)10-18)12-20-17(22)19-11-15(21)16-7-4-8-23-16/h2-8,15,21H,9-12H2,1H3,(H2,19,20,22). The van der Waals surface area contributed by atoms with Crippen LogP contribution in [-0.2, 0) is 12.8 Å². The molecule has 122 valence electrons. The molecule has 0 fully saturated rings. The number of furan rings is 1. The van der Waals surface area contributed by atoms with Crippen molar-refractivity contribution in [2.75, 3.05) is 13.1 Å². The minimum absolute atomic E-state index is 0.0423. The molecule has 1 aliphatic rings. The van der Waals surface area contributed by atoms with E-state index in [9.17, 15) is 9.90 Å². The number of rotatable bonds is 5. The molecule has 3 N–H and O–H groups in total. The summed E-state index contributed by atoms with van der Waals surface area (Å²) in [6.07, 6.45) is 2.61. The van der Waals surface area contributed by atoms with Gasteiger partial charge in [0.2, 0.25) is 0 Å². The highest BCUT2D eigenvalue weighted by Gasteiger charge is 2.32. The number of benzene rings is 1. The van der Waals surface area contributed by atoms with Gasteiger partial charge in [0.1, 0.15) is 11.9 Å². The van der Waals surface area contributed by atoms with Gasteiger partial charge in [-0.05, 0) is 41.5 Å². The molecular formula is C18H22N2O3. The molecule has 1 heterocycles. The minimum Gasteiger partial charge on any atom is -0.467 e. The van der Waals surface area contributed by atoms with Crippen LogP contribution in [0.25, 0.3) is 0 Å². The summed E-state index contributed by atoms with van der Waals surface area (Å²) in [6.45, 7) is 2.91. The van der Waals surface area contributed by atoms with Crippen molar-refractivity contribution in [3.63, 3.8) is 0 Å². The van der Waals surface area contributed by atoms with Gasteiger partial charge in [0, 0.05) is 6.54 Å². The van der Waals surface area contributed by atoms with Crippen molar-refractivity contribution in [2.45, 2.75) is 25.9 Å². The fourth-order valence-electron chi connectivity index (χ4n) is 3.14. The average molecular weight is 314 g/mol. The molecule has 1 aromatic heterocycles. The second-order valence-electron chi connectivity index (χ2n) is 6.53. The van der Waals surface area contributed by atoms with Crippen LogP contribution in [-0.4, -0.2) is 24.2 Å². The Morgan fingerprint density at radius 2 is 1.91 bits per heavy atom. The quantitative estimate of drug-likeness (QED) is 0.793. The summed E-state index contributed by atoms with van der Waals surface area (Å²) in [5, 5.41) is 15.5. The van der Waals surface area contributed by atoms with Crippen molar-refractivity contribution in [2.24, 2.45) is 5.41 Å². The van der Waals surface area contributed by atoms with E-state index in [2.05, 4.69) is 41.8 Å². The fourth-order valence-corrected chi connectivity index (χ4v) is 3.14. The molecule has 0 bridgehead atoms. The zero-order valence-electron chi connectivity index (χ0n) is 13.2. The zero-order chi connectivity index (χ0) is 16.3. The number of fused-ring (bicyclic) bond motifs is 1. The van der Waals surface area contributed by atoms with Crippen molar-refractivity contribution in [1.82, 2.24) is 10.6 Å². The van der Waals surface area contributed by atoms with Crippen LogP contribution in [0.4, 0.5) is 4.79 Å². The Morgan fingerprint density at radius 1 is 1.22 bits per heavy atom. The summed E-state index contributed by atoms with van der Waals surface area (Å²) in [5.41, 5.74) is 2.77. The molecule has 1 unspecified atom stereocenters. The molecule has 0 radical (unpaired) electrons. The Morgan fingerprint density at radius 3 is 2.52 bits per heavy atom. The Kier molecular flexibility index (Phi) is 4.39. The maximum atomic E-state index is 11.9. The van der Waals surface area contributed by atoms with Crippen molar-refractivity contribution in [1.29, 1.82) is 0 Å². The monoisotopic (exact) mass is 314 g/mol. The molecule has 2 aromatic rings. The molecular weight excluding hydrogens is 292 g/mol. The van der Waals surface area contributed by atoms with Crippen LogP contribution in [0.2, 0.25) is 0 Å². The van der Waals surface area contributed by atoms with Gasteiger partial charge in [0.05, 0.1) is 12.8 Å². The highest BCUT2D eigenvalue weighted by molar-refractivity contribution is 5.73. The van der Waals surface area contributed by atoms with Gasteiger partial charge in [-0.15, -0.1) is 0 Å². The highest BCUT2D eigenvalue weighted by atomic mass is 16.4. The van der Waals surface area contributed by atoms with E-state index in [1.807, 2.05) is 0 Å². The van der Waals surface area contributed by atoms with Gasteiger partial charge in [-0.2, -0.15) is 0 Å². The normalized spacial score (nSPS) is 16.6. The van der Waals surface area contributed by atoms with Gasteiger partial charge in [-0.25, -0.2) is 4.79 Å².